The summed E-state index contributed by atoms with van der Waals surface area (Å²) in [6, 6.07) is 9.30. The van der Waals surface area contributed by atoms with Gasteiger partial charge in [-0.3, -0.25) is 9.69 Å². The Morgan fingerprint density at radius 1 is 1.37 bits per heavy atom. The summed E-state index contributed by atoms with van der Waals surface area (Å²) < 4.78 is 5.52. The number of hydrogen-bond acceptors (Lipinski definition) is 4. The highest BCUT2D eigenvalue weighted by atomic mass is 16.3. The van der Waals surface area contributed by atoms with E-state index in [0.29, 0.717) is 12.3 Å². The van der Waals surface area contributed by atoms with Crippen molar-refractivity contribution < 1.29 is 14.3 Å². The van der Waals surface area contributed by atoms with Crippen molar-refractivity contribution in [2.45, 2.75) is 19.4 Å². The summed E-state index contributed by atoms with van der Waals surface area (Å²) in [5.74, 6) is 0.284. The first-order valence-corrected chi connectivity index (χ1v) is 6.28. The minimum atomic E-state index is -0.817. The summed E-state index contributed by atoms with van der Waals surface area (Å²) in [7, 11) is 1.80. The average Bonchev–Trinajstić information content (AvgIpc) is 2.69. The number of benzene rings is 1. The van der Waals surface area contributed by atoms with Crippen LogP contribution in [0.3, 0.4) is 0 Å². The molecule has 0 spiro atoms. The van der Waals surface area contributed by atoms with Gasteiger partial charge in [0.1, 0.15) is 5.58 Å². The molecular formula is C15H19NO3. The van der Waals surface area contributed by atoms with Crippen molar-refractivity contribution in [2.24, 2.45) is 0 Å². The predicted octanol–water partition coefficient (Wildman–Crippen LogP) is 2.32. The van der Waals surface area contributed by atoms with Crippen LogP contribution in [0.5, 0.6) is 0 Å². The third kappa shape index (κ3) is 3.66. The molecule has 0 radical (unpaired) electrons. The number of hydrogen-bond donors (Lipinski definition) is 1. The summed E-state index contributed by atoms with van der Waals surface area (Å²) >= 11 is 0. The topological polar surface area (TPSA) is 53.7 Å². The molecule has 1 N–H and O–H groups in total. The predicted molar refractivity (Wildman–Crippen MR) is 74.3 cm³/mol. The molecule has 1 aromatic carbocycles. The van der Waals surface area contributed by atoms with Gasteiger partial charge in [-0.1, -0.05) is 18.2 Å². The van der Waals surface area contributed by atoms with E-state index >= 15 is 0 Å². The van der Waals surface area contributed by atoms with Gasteiger partial charge in [-0.2, -0.15) is 0 Å². The molecule has 0 aliphatic carbocycles. The van der Waals surface area contributed by atoms with E-state index in [-0.39, 0.29) is 12.3 Å². The maximum Gasteiger partial charge on any atom is 0.211 e. The largest absolute Gasteiger partial charge is 0.453 e. The second-order valence-corrected chi connectivity index (χ2v) is 5.56. The molecule has 0 atom stereocenters. The van der Waals surface area contributed by atoms with Crippen molar-refractivity contribution in [3.8, 4) is 0 Å². The molecule has 0 aliphatic heterocycles. The molecule has 19 heavy (non-hydrogen) atoms. The number of likely N-dealkylation sites (N-methyl/N-ethyl adjacent to an activating group) is 1. The first-order valence-electron chi connectivity index (χ1n) is 6.28. The van der Waals surface area contributed by atoms with Crippen LogP contribution in [0.25, 0.3) is 11.0 Å². The lowest BCUT2D eigenvalue weighted by molar-refractivity contribution is 0.0435. The standard InChI is InChI=1S/C15H19NO3/c1-15(2,18)10-16(3)9-12(17)14-8-11-6-4-5-7-13(11)19-14/h4-8,18H,9-10H2,1-3H3. The van der Waals surface area contributed by atoms with E-state index in [1.807, 2.05) is 24.3 Å². The first-order chi connectivity index (χ1) is 8.85. The molecule has 2 aromatic rings. The van der Waals surface area contributed by atoms with Gasteiger partial charge in [0.05, 0.1) is 12.1 Å². The Kier molecular flexibility index (Phi) is 3.73. The average molecular weight is 261 g/mol. The van der Waals surface area contributed by atoms with Crippen LogP contribution >= 0.6 is 0 Å². The molecule has 0 unspecified atom stereocenters. The lowest BCUT2D eigenvalue weighted by atomic mass is 10.1. The van der Waals surface area contributed by atoms with E-state index in [0.717, 1.165) is 11.0 Å². The van der Waals surface area contributed by atoms with Gasteiger partial charge in [0.15, 0.2) is 5.76 Å². The van der Waals surface area contributed by atoms with Gasteiger partial charge in [-0.05, 0) is 33.0 Å². The molecule has 1 heterocycles. The van der Waals surface area contributed by atoms with Crippen LogP contribution in [0, 0.1) is 0 Å². The molecule has 0 aliphatic rings. The van der Waals surface area contributed by atoms with Gasteiger partial charge in [-0.25, -0.2) is 0 Å². The smallest absolute Gasteiger partial charge is 0.211 e. The Balaban J connectivity index is 2.07. The van der Waals surface area contributed by atoms with Crippen LogP contribution in [0.1, 0.15) is 24.4 Å². The van der Waals surface area contributed by atoms with Crippen LogP contribution in [-0.2, 0) is 0 Å². The van der Waals surface area contributed by atoms with Gasteiger partial charge in [-0.15, -0.1) is 0 Å². The van der Waals surface area contributed by atoms with E-state index < -0.39 is 5.60 Å². The minimum absolute atomic E-state index is 0.0806. The number of Topliss-reactive ketones (excluding diaryl/α,β-unsaturated/α-hetero) is 1. The number of carbonyl (C=O) groups is 1. The number of furan rings is 1. The molecule has 0 saturated heterocycles. The van der Waals surface area contributed by atoms with Gasteiger partial charge >= 0.3 is 0 Å². The molecule has 0 amide bonds. The molecule has 1 aromatic heterocycles. The number of para-hydroxylation sites is 1. The molecule has 4 nitrogen and oxygen atoms in total. The van der Waals surface area contributed by atoms with Crippen molar-refractivity contribution in [2.75, 3.05) is 20.1 Å². The number of ketones is 1. The van der Waals surface area contributed by atoms with Crippen LogP contribution in [0.2, 0.25) is 0 Å². The summed E-state index contributed by atoms with van der Waals surface area (Å²) in [6.45, 7) is 4.09. The normalized spacial score (nSPS) is 12.3. The Hall–Kier alpha value is -1.65. The number of fused-ring (bicyclic) bond motifs is 1. The zero-order chi connectivity index (χ0) is 14.0. The lowest BCUT2D eigenvalue weighted by Gasteiger charge is -2.24. The summed E-state index contributed by atoms with van der Waals surface area (Å²) in [4.78, 5) is 13.9. The molecule has 0 saturated carbocycles. The third-order valence-corrected chi connectivity index (χ3v) is 2.77. The second kappa shape index (κ2) is 5.15. The summed E-state index contributed by atoms with van der Waals surface area (Å²) in [5.41, 5.74) is -0.0980. The van der Waals surface area contributed by atoms with E-state index in [4.69, 9.17) is 4.42 Å². The van der Waals surface area contributed by atoms with Crippen LogP contribution in [0.15, 0.2) is 34.7 Å². The molecule has 0 bridgehead atoms. The monoisotopic (exact) mass is 261 g/mol. The van der Waals surface area contributed by atoms with Gasteiger partial charge in [0.2, 0.25) is 5.78 Å². The van der Waals surface area contributed by atoms with Gasteiger partial charge in [0, 0.05) is 11.9 Å². The van der Waals surface area contributed by atoms with Crippen LogP contribution in [-0.4, -0.2) is 41.5 Å². The summed E-state index contributed by atoms with van der Waals surface area (Å²) in [6.07, 6.45) is 0. The molecule has 0 fully saturated rings. The SMILES string of the molecule is CN(CC(=O)c1cc2ccccc2o1)CC(C)(C)O. The third-order valence-electron chi connectivity index (χ3n) is 2.77. The van der Waals surface area contributed by atoms with Crippen molar-refractivity contribution >= 4 is 16.8 Å². The van der Waals surface area contributed by atoms with E-state index in [1.165, 1.54) is 0 Å². The fraction of sp³-hybridized carbons (Fsp3) is 0.400. The molecular weight excluding hydrogens is 242 g/mol. The zero-order valence-electron chi connectivity index (χ0n) is 11.5. The lowest BCUT2D eigenvalue weighted by Crippen LogP contribution is -2.38. The number of carbonyl (C=O) groups excluding carboxylic acids is 1. The van der Waals surface area contributed by atoms with Crippen LogP contribution in [0.4, 0.5) is 0 Å². The molecule has 4 heteroatoms. The number of aliphatic hydroxyl groups is 1. The highest BCUT2D eigenvalue weighted by molar-refractivity contribution is 5.98. The Morgan fingerprint density at radius 2 is 2.05 bits per heavy atom. The van der Waals surface area contributed by atoms with Crippen LogP contribution < -0.4 is 0 Å². The highest BCUT2D eigenvalue weighted by Crippen LogP contribution is 2.19. The maximum absolute atomic E-state index is 12.1. The first kappa shape index (κ1) is 13.8. The highest BCUT2D eigenvalue weighted by Gasteiger charge is 2.19. The van der Waals surface area contributed by atoms with Gasteiger partial charge < -0.3 is 9.52 Å². The fourth-order valence-corrected chi connectivity index (χ4v) is 2.16. The van der Waals surface area contributed by atoms with E-state index in [2.05, 4.69) is 0 Å². The minimum Gasteiger partial charge on any atom is -0.453 e. The van der Waals surface area contributed by atoms with E-state index in [1.54, 1.807) is 31.9 Å². The Bertz CT molecular complexity index is 547. The van der Waals surface area contributed by atoms with Crippen molar-refractivity contribution in [3.63, 3.8) is 0 Å². The quantitative estimate of drug-likeness (QED) is 0.839. The van der Waals surface area contributed by atoms with Gasteiger partial charge in [0.25, 0.3) is 0 Å². The number of nitrogens with zero attached hydrogens (tertiary/aromatic N) is 1. The van der Waals surface area contributed by atoms with Crippen molar-refractivity contribution in [1.82, 2.24) is 4.90 Å². The Labute approximate surface area is 112 Å². The Morgan fingerprint density at radius 3 is 2.68 bits per heavy atom. The van der Waals surface area contributed by atoms with Crippen molar-refractivity contribution in [1.29, 1.82) is 0 Å². The number of rotatable bonds is 5. The van der Waals surface area contributed by atoms with E-state index in [9.17, 15) is 9.90 Å². The zero-order valence-corrected chi connectivity index (χ0v) is 11.5. The fourth-order valence-electron chi connectivity index (χ4n) is 2.16. The molecule has 2 rings (SSSR count). The summed E-state index contributed by atoms with van der Waals surface area (Å²) in [5, 5.41) is 10.6. The molecule has 102 valence electrons. The van der Waals surface area contributed by atoms with Crippen molar-refractivity contribution in [3.05, 3.63) is 36.1 Å². The second-order valence-electron chi connectivity index (χ2n) is 5.56. The maximum atomic E-state index is 12.1.